The SMILES string of the molecule is CCO[Si](CCCC(CCC[Si](OCC)(OCC)OCC)(C(=O)NC)C(=O)NCCCN(CCO)CCO)(OCC)OCC.CCO[Si](CCCC(CCC[Si](OCC)(OCC)OCC)(CN(CCO)CCO)CN(CCO)CCO)(OCC)OCC.CCO[Si](CCCC(CC[Si](OCC)(OCC)OCC)(C(=O)N(CCO)CCO)C(=O)N(CCO)CCO)(OCC)OCC. The Bertz CT molecular complexity index is 2470. The molecule has 0 atom stereocenters. The lowest BCUT2D eigenvalue weighted by Gasteiger charge is -2.43. The summed E-state index contributed by atoms with van der Waals surface area (Å²) in [4.78, 5) is 65.5. The van der Waals surface area contributed by atoms with E-state index in [9.17, 15) is 70.2 Å². The van der Waals surface area contributed by atoms with E-state index < -0.39 is 75.5 Å². The average Bonchev–Trinajstić information content (AvgIpc) is 0.771. The molecule has 45 heteroatoms. The van der Waals surface area contributed by atoms with Crippen LogP contribution in [0.1, 0.15) is 202 Å². The zero-order valence-corrected chi connectivity index (χ0v) is 90.6. The molecule has 0 aliphatic heterocycles. The normalized spacial score (nSPS) is 12.7. The summed E-state index contributed by atoms with van der Waals surface area (Å²) in [7, 11) is -16.7. The lowest BCUT2D eigenvalue weighted by Crippen LogP contribution is -2.57. The molecule has 131 heavy (non-hydrogen) atoms. The third-order valence-corrected chi connectivity index (χ3v) is 40.4. The number of carbonyl (C=O) groups excluding carboxylic acids is 4. The smallest absolute Gasteiger partial charge is 0.395 e. The summed E-state index contributed by atoms with van der Waals surface area (Å²) in [6, 6.07) is 2.74. The van der Waals surface area contributed by atoms with Gasteiger partial charge < -0.3 is 151 Å². The summed E-state index contributed by atoms with van der Waals surface area (Å²) in [5, 5.41) is 103. The molecule has 0 heterocycles. The molecule has 0 aromatic rings. The van der Waals surface area contributed by atoms with E-state index in [1.807, 2.05) is 130 Å². The number of aliphatic hydroxyl groups excluding tert-OH is 10. The van der Waals surface area contributed by atoms with Gasteiger partial charge in [0.05, 0.1) is 66.1 Å². The predicted octanol–water partition coefficient (Wildman–Crippen LogP) is 5.24. The second kappa shape index (κ2) is 81.6. The van der Waals surface area contributed by atoms with Crippen LogP contribution in [0.15, 0.2) is 0 Å². The summed E-state index contributed by atoms with van der Waals surface area (Å²) in [5.74, 6) is -1.88. The van der Waals surface area contributed by atoms with Crippen LogP contribution in [0.25, 0.3) is 0 Å². The van der Waals surface area contributed by atoms with Crippen molar-refractivity contribution >= 4 is 76.5 Å². The molecular formula is C86H189N7O32Si6. The van der Waals surface area contributed by atoms with Crippen LogP contribution in [0.4, 0.5) is 0 Å². The van der Waals surface area contributed by atoms with E-state index in [2.05, 4.69) is 20.4 Å². The minimum atomic E-state index is -3.36. The van der Waals surface area contributed by atoms with E-state index in [1.54, 1.807) is 7.05 Å². The first kappa shape index (κ1) is 133. The molecule has 0 unspecified atom stereocenters. The fraction of sp³-hybridized carbons (Fsp3) is 0.953. The number of hydrogen-bond acceptors (Lipinski definition) is 35. The first-order valence-electron chi connectivity index (χ1n) is 48.9. The summed E-state index contributed by atoms with van der Waals surface area (Å²) in [5.41, 5.74) is -3.42. The van der Waals surface area contributed by atoms with Crippen molar-refractivity contribution in [3.05, 3.63) is 0 Å². The summed E-state index contributed by atoms with van der Waals surface area (Å²) < 4.78 is 109. The fourth-order valence-electron chi connectivity index (χ4n) is 16.7. The molecule has 0 saturated carbocycles. The number of hydrogen-bond donors (Lipinski definition) is 12. The van der Waals surface area contributed by atoms with Gasteiger partial charge >= 0.3 is 52.8 Å². The number of carbonyl (C=O) groups is 4. The van der Waals surface area contributed by atoms with Crippen molar-refractivity contribution in [3.63, 3.8) is 0 Å². The van der Waals surface area contributed by atoms with Gasteiger partial charge in [0.25, 0.3) is 0 Å². The molecule has 0 aromatic carbocycles. The van der Waals surface area contributed by atoms with Crippen molar-refractivity contribution in [1.82, 2.24) is 35.1 Å². The molecule has 0 saturated heterocycles. The van der Waals surface area contributed by atoms with Gasteiger partial charge in [0.1, 0.15) is 10.8 Å². The van der Waals surface area contributed by atoms with Gasteiger partial charge in [-0.3, -0.25) is 33.9 Å². The number of nitrogens with zero attached hydrogens (tertiary/aromatic N) is 5. The van der Waals surface area contributed by atoms with Crippen LogP contribution >= 0.6 is 0 Å². The molecule has 0 aliphatic rings. The number of rotatable bonds is 91. The fourth-order valence-corrected chi connectivity index (χ4v) is 32.5. The Hall–Kier alpha value is -2.06. The summed E-state index contributed by atoms with van der Waals surface area (Å²) >= 11 is 0. The van der Waals surface area contributed by atoms with E-state index in [-0.39, 0.29) is 141 Å². The van der Waals surface area contributed by atoms with Gasteiger partial charge in [-0.15, -0.1) is 0 Å². The number of aliphatic hydroxyl groups is 10. The lowest BCUT2D eigenvalue weighted by molar-refractivity contribution is -0.159. The van der Waals surface area contributed by atoms with Gasteiger partial charge in [-0.2, -0.15) is 0 Å². The third-order valence-electron chi connectivity index (χ3n) is 21.6. The van der Waals surface area contributed by atoms with Gasteiger partial charge in [0, 0.05) is 247 Å². The highest BCUT2D eigenvalue weighted by Gasteiger charge is 2.55. The maximum Gasteiger partial charge on any atom is 0.500 e. The van der Waals surface area contributed by atoms with Crippen LogP contribution in [0.5, 0.6) is 0 Å². The molecule has 0 aliphatic carbocycles. The van der Waals surface area contributed by atoms with Crippen molar-refractivity contribution in [2.45, 2.75) is 238 Å². The minimum Gasteiger partial charge on any atom is -0.395 e. The Balaban J connectivity index is -0.00000188. The zero-order valence-electron chi connectivity index (χ0n) is 84.6. The van der Waals surface area contributed by atoms with Crippen molar-refractivity contribution in [2.75, 3.05) is 284 Å². The highest BCUT2D eigenvalue weighted by Crippen LogP contribution is 2.42. The second-order valence-electron chi connectivity index (χ2n) is 30.7. The lowest BCUT2D eigenvalue weighted by atomic mass is 9.77. The number of nitrogens with one attached hydrogen (secondary N) is 2. The van der Waals surface area contributed by atoms with Gasteiger partial charge in [-0.25, -0.2) is 0 Å². The standard InChI is InChI=1S/C29H63N3O10Si2.C29H66N2O10Si2.C28H60N2O12Si2/c1-8-37-43(38-9-2,39-10-3)25-14-17-29(27(35)30-7,18-15-26-44(40-11-4,41-12-5)42-13-6)28(36)31-19-16-20-32(21-23-33)22-24-34;1-7-36-42(37-8-2,38-9-3)25-13-15-29(27-30(17-21-32)18-22-33,28-31(19-23-34)20-24-35)16-14-26-43(39-10-4,40-11-5)41-12-6;1-7-37-43(38-8-2,39-9-3)24-13-14-28(26(35)29(16-20-31)17-21-32,27(36)30(18-22-33)19-23-34)15-25-44(40-10-4,41-11-5)42-12-6/h33-34H,8-26H2,1-7H3,(H,30,35)(H,31,36);32-35H,7-28H2,1-6H3;31-34H,7-25H2,1-6H3. The molecule has 0 fully saturated rings. The minimum absolute atomic E-state index is 0.0157. The summed E-state index contributed by atoms with van der Waals surface area (Å²) in [6.45, 7) is 44.6. The summed E-state index contributed by atoms with van der Waals surface area (Å²) in [6.07, 6.45) is 5.56. The molecular weight excluding hydrogens is 1810 g/mol. The van der Waals surface area contributed by atoms with Gasteiger partial charge in [-0.1, -0.05) is 0 Å². The highest BCUT2D eigenvalue weighted by molar-refractivity contribution is 6.62. The molecule has 4 amide bonds. The molecule has 0 aromatic heterocycles. The Morgan fingerprint density at radius 2 is 0.450 bits per heavy atom. The Morgan fingerprint density at radius 1 is 0.244 bits per heavy atom. The highest BCUT2D eigenvalue weighted by atomic mass is 28.4. The van der Waals surface area contributed by atoms with Crippen LogP contribution in [0.3, 0.4) is 0 Å². The molecule has 0 radical (unpaired) electrons. The van der Waals surface area contributed by atoms with Crippen LogP contribution in [-0.4, -0.2) is 436 Å². The van der Waals surface area contributed by atoms with Crippen LogP contribution < -0.4 is 10.6 Å². The maximum atomic E-state index is 14.6. The van der Waals surface area contributed by atoms with Crippen molar-refractivity contribution in [2.24, 2.45) is 16.2 Å². The largest absolute Gasteiger partial charge is 0.500 e. The predicted molar refractivity (Wildman–Crippen MR) is 516 cm³/mol. The van der Waals surface area contributed by atoms with Crippen molar-refractivity contribution < 1.29 is 150 Å². The maximum absolute atomic E-state index is 14.6. The van der Waals surface area contributed by atoms with Crippen LogP contribution in [0, 0.1) is 16.2 Å². The molecule has 784 valence electrons. The first-order chi connectivity index (χ1) is 63.1. The van der Waals surface area contributed by atoms with Gasteiger partial charge in [-0.05, 0) is 214 Å². The van der Waals surface area contributed by atoms with Crippen LogP contribution in [-0.2, 0) is 98.8 Å². The quantitative estimate of drug-likeness (QED) is 0.0210. The second-order valence-corrected chi connectivity index (χ2v) is 47.1. The van der Waals surface area contributed by atoms with E-state index in [0.29, 0.717) is 240 Å². The molecule has 12 N–H and O–H groups in total. The average molecular weight is 2000 g/mol. The van der Waals surface area contributed by atoms with Crippen molar-refractivity contribution in [3.8, 4) is 0 Å². The van der Waals surface area contributed by atoms with E-state index in [4.69, 9.17) is 79.7 Å². The van der Waals surface area contributed by atoms with E-state index in [0.717, 1.165) is 25.7 Å². The van der Waals surface area contributed by atoms with Gasteiger partial charge in [0.15, 0.2) is 0 Å². The van der Waals surface area contributed by atoms with Crippen molar-refractivity contribution in [1.29, 1.82) is 0 Å². The molecule has 0 bridgehead atoms. The number of amides is 4. The molecule has 39 nitrogen and oxygen atoms in total. The van der Waals surface area contributed by atoms with Crippen LogP contribution in [0.2, 0.25) is 36.3 Å². The zero-order chi connectivity index (χ0) is 99.3. The Morgan fingerprint density at radius 3 is 0.664 bits per heavy atom. The Kier molecular flexibility index (Phi) is 82.9. The molecule has 0 rings (SSSR count). The molecule has 0 spiro atoms. The topological polar surface area (TPSA) is 477 Å². The van der Waals surface area contributed by atoms with E-state index in [1.165, 1.54) is 9.80 Å². The third kappa shape index (κ3) is 51.8. The van der Waals surface area contributed by atoms with Gasteiger partial charge in [0.2, 0.25) is 23.6 Å². The first-order valence-corrected chi connectivity index (χ1v) is 60.5. The Labute approximate surface area is 795 Å². The monoisotopic (exact) mass is 2000 g/mol. The van der Waals surface area contributed by atoms with E-state index >= 15 is 0 Å².